The molecule has 22 heavy (non-hydrogen) atoms. The monoisotopic (exact) mass is 358 g/mol. The summed E-state index contributed by atoms with van der Waals surface area (Å²) in [6.45, 7) is 1.82. The minimum Gasteiger partial charge on any atom is -0.467 e. The van der Waals surface area contributed by atoms with Crippen molar-refractivity contribution in [1.29, 1.82) is 0 Å². The van der Waals surface area contributed by atoms with Gasteiger partial charge in [-0.2, -0.15) is 0 Å². The molecule has 0 amide bonds. The van der Waals surface area contributed by atoms with Gasteiger partial charge in [0.1, 0.15) is 11.9 Å². The van der Waals surface area contributed by atoms with Gasteiger partial charge < -0.3 is 9.30 Å². The number of methoxy groups -OCH3 is 1. The van der Waals surface area contributed by atoms with Crippen molar-refractivity contribution in [3.8, 4) is 11.4 Å². The van der Waals surface area contributed by atoms with Crippen LogP contribution in [0.25, 0.3) is 22.4 Å². The fraction of sp³-hybridized carbons (Fsp3) is 0.176. The molecule has 3 aromatic rings. The molecule has 3 rings (SSSR count). The largest absolute Gasteiger partial charge is 0.467 e. The molecule has 0 saturated heterocycles. The van der Waals surface area contributed by atoms with Gasteiger partial charge in [-0.25, -0.2) is 9.78 Å². The number of para-hydroxylation sites is 2. The Hall–Kier alpha value is -2.14. The minimum absolute atomic E-state index is 0.292. The van der Waals surface area contributed by atoms with Crippen LogP contribution in [0, 0.1) is 0 Å². The van der Waals surface area contributed by atoms with E-state index in [1.54, 1.807) is 0 Å². The number of imidazole rings is 1. The van der Waals surface area contributed by atoms with Crippen LogP contribution in [0.15, 0.2) is 53.0 Å². The number of benzene rings is 2. The molecule has 4 nitrogen and oxygen atoms in total. The average molecular weight is 359 g/mol. The molecule has 0 aliphatic heterocycles. The van der Waals surface area contributed by atoms with Crippen LogP contribution in [-0.4, -0.2) is 22.6 Å². The first kappa shape index (κ1) is 14.8. The second kappa shape index (κ2) is 5.93. The summed E-state index contributed by atoms with van der Waals surface area (Å²) in [6, 6.07) is 15.2. The Morgan fingerprint density at radius 3 is 2.73 bits per heavy atom. The molecule has 1 aromatic heterocycles. The topological polar surface area (TPSA) is 44.1 Å². The number of aromatic nitrogens is 2. The van der Waals surface area contributed by atoms with Gasteiger partial charge in [0.25, 0.3) is 0 Å². The average Bonchev–Trinajstić information content (AvgIpc) is 2.92. The first-order valence-electron chi connectivity index (χ1n) is 6.92. The number of fused-ring (bicyclic) bond motifs is 1. The minimum atomic E-state index is -0.452. The number of rotatable bonds is 3. The number of carbonyl (C=O) groups excluding carboxylic acids is 1. The van der Waals surface area contributed by atoms with Gasteiger partial charge in [0.15, 0.2) is 0 Å². The highest BCUT2D eigenvalue weighted by atomic mass is 79.9. The lowest BCUT2D eigenvalue weighted by Gasteiger charge is -2.15. The normalized spacial score (nSPS) is 12.3. The van der Waals surface area contributed by atoms with Crippen LogP contribution in [-0.2, 0) is 9.53 Å². The maximum atomic E-state index is 12.0. The molecule has 0 N–H and O–H groups in total. The fourth-order valence-corrected chi connectivity index (χ4v) is 2.94. The molecule has 5 heteroatoms. The molecule has 1 atom stereocenters. The highest BCUT2D eigenvalue weighted by molar-refractivity contribution is 9.10. The summed E-state index contributed by atoms with van der Waals surface area (Å²) in [7, 11) is 1.40. The Labute approximate surface area is 136 Å². The molecule has 0 aliphatic rings. The molecular formula is C17H15BrN2O2. The summed E-state index contributed by atoms with van der Waals surface area (Å²) in [4.78, 5) is 16.7. The number of halogens is 1. The number of nitrogens with zero attached hydrogens (tertiary/aromatic N) is 2. The number of esters is 1. The number of ether oxygens (including phenoxy) is 1. The van der Waals surface area contributed by atoms with E-state index >= 15 is 0 Å². The zero-order chi connectivity index (χ0) is 15.7. The highest BCUT2D eigenvalue weighted by Crippen LogP contribution is 2.30. The van der Waals surface area contributed by atoms with E-state index in [1.807, 2.05) is 60.0 Å². The summed E-state index contributed by atoms with van der Waals surface area (Å²) in [5.41, 5.74) is 2.71. The maximum Gasteiger partial charge on any atom is 0.328 e. The first-order valence-corrected chi connectivity index (χ1v) is 7.72. The van der Waals surface area contributed by atoms with E-state index < -0.39 is 6.04 Å². The Kier molecular flexibility index (Phi) is 3.98. The van der Waals surface area contributed by atoms with Crippen molar-refractivity contribution in [2.75, 3.05) is 7.11 Å². The summed E-state index contributed by atoms with van der Waals surface area (Å²) in [5, 5.41) is 0. The Bertz CT molecular complexity index is 842. The van der Waals surface area contributed by atoms with Gasteiger partial charge in [0.05, 0.1) is 18.1 Å². The van der Waals surface area contributed by atoms with Gasteiger partial charge in [-0.15, -0.1) is 0 Å². The third-order valence-electron chi connectivity index (χ3n) is 3.61. The fourth-order valence-electron chi connectivity index (χ4n) is 2.54. The molecule has 0 aliphatic carbocycles. The van der Waals surface area contributed by atoms with E-state index in [4.69, 9.17) is 9.72 Å². The molecule has 2 aromatic carbocycles. The van der Waals surface area contributed by atoms with Crippen molar-refractivity contribution in [2.24, 2.45) is 0 Å². The molecule has 0 spiro atoms. The Morgan fingerprint density at radius 2 is 2.00 bits per heavy atom. The highest BCUT2D eigenvalue weighted by Gasteiger charge is 2.22. The van der Waals surface area contributed by atoms with E-state index in [-0.39, 0.29) is 5.97 Å². The molecule has 0 saturated carbocycles. The van der Waals surface area contributed by atoms with Gasteiger partial charge >= 0.3 is 5.97 Å². The van der Waals surface area contributed by atoms with Gasteiger partial charge in [-0.1, -0.05) is 40.2 Å². The summed E-state index contributed by atoms with van der Waals surface area (Å²) >= 11 is 3.48. The van der Waals surface area contributed by atoms with Crippen molar-refractivity contribution in [3.63, 3.8) is 0 Å². The lowest BCUT2D eigenvalue weighted by Crippen LogP contribution is -2.18. The number of hydrogen-bond acceptors (Lipinski definition) is 3. The van der Waals surface area contributed by atoms with Crippen molar-refractivity contribution in [2.45, 2.75) is 13.0 Å². The summed E-state index contributed by atoms with van der Waals surface area (Å²) < 4.78 is 7.79. The van der Waals surface area contributed by atoms with Crippen LogP contribution >= 0.6 is 15.9 Å². The SMILES string of the molecule is COC(=O)C(C)n1c(-c2cccc(Br)c2)nc2ccccc21. The summed E-state index contributed by atoms with van der Waals surface area (Å²) in [6.07, 6.45) is 0. The van der Waals surface area contributed by atoms with Crippen molar-refractivity contribution in [1.82, 2.24) is 9.55 Å². The van der Waals surface area contributed by atoms with Gasteiger partial charge in [-0.05, 0) is 31.2 Å². The smallest absolute Gasteiger partial charge is 0.328 e. The molecule has 0 radical (unpaired) electrons. The van der Waals surface area contributed by atoms with E-state index in [2.05, 4.69) is 15.9 Å². The number of hydrogen-bond donors (Lipinski definition) is 0. The predicted octanol–water partition coefficient (Wildman–Crippen LogP) is 4.20. The van der Waals surface area contributed by atoms with Gasteiger partial charge in [0, 0.05) is 10.0 Å². The second-order valence-corrected chi connectivity index (χ2v) is 5.92. The molecule has 0 fully saturated rings. The van der Waals surface area contributed by atoms with E-state index in [9.17, 15) is 4.79 Å². The zero-order valence-corrected chi connectivity index (χ0v) is 13.9. The summed E-state index contributed by atoms with van der Waals surface area (Å²) in [5.74, 6) is 0.458. The van der Waals surface area contributed by atoms with Crippen LogP contribution in [0.5, 0.6) is 0 Å². The lowest BCUT2D eigenvalue weighted by molar-refractivity contribution is -0.143. The predicted molar refractivity (Wildman–Crippen MR) is 89.6 cm³/mol. The second-order valence-electron chi connectivity index (χ2n) is 5.00. The maximum absolute atomic E-state index is 12.0. The van der Waals surface area contributed by atoms with E-state index in [0.29, 0.717) is 0 Å². The third-order valence-corrected chi connectivity index (χ3v) is 4.10. The molecule has 0 bridgehead atoms. The molecule has 1 heterocycles. The van der Waals surface area contributed by atoms with E-state index in [0.717, 1.165) is 26.9 Å². The van der Waals surface area contributed by atoms with Crippen molar-refractivity contribution < 1.29 is 9.53 Å². The Balaban J connectivity index is 2.27. The number of carbonyl (C=O) groups is 1. The zero-order valence-electron chi connectivity index (χ0n) is 12.3. The van der Waals surface area contributed by atoms with Crippen LogP contribution in [0.1, 0.15) is 13.0 Å². The third kappa shape index (κ3) is 2.52. The lowest BCUT2D eigenvalue weighted by atomic mass is 10.2. The molecule has 1 unspecified atom stereocenters. The standard InChI is InChI=1S/C17H15BrN2O2/c1-11(17(21)22-2)20-15-9-4-3-8-14(15)19-16(20)12-6-5-7-13(18)10-12/h3-11H,1-2H3. The van der Waals surface area contributed by atoms with Gasteiger partial charge in [-0.3, -0.25) is 0 Å². The van der Waals surface area contributed by atoms with Crippen molar-refractivity contribution in [3.05, 3.63) is 53.0 Å². The molecular weight excluding hydrogens is 344 g/mol. The Morgan fingerprint density at radius 1 is 1.23 bits per heavy atom. The first-order chi connectivity index (χ1) is 10.6. The van der Waals surface area contributed by atoms with E-state index in [1.165, 1.54) is 7.11 Å². The van der Waals surface area contributed by atoms with Crippen LogP contribution in [0.3, 0.4) is 0 Å². The van der Waals surface area contributed by atoms with Crippen LogP contribution in [0.2, 0.25) is 0 Å². The quantitative estimate of drug-likeness (QED) is 0.659. The van der Waals surface area contributed by atoms with Gasteiger partial charge in [0.2, 0.25) is 0 Å². The molecule has 112 valence electrons. The van der Waals surface area contributed by atoms with Crippen LogP contribution in [0.4, 0.5) is 0 Å². The van der Waals surface area contributed by atoms with Crippen LogP contribution < -0.4 is 0 Å². The van der Waals surface area contributed by atoms with Crippen molar-refractivity contribution >= 4 is 32.9 Å².